The van der Waals surface area contributed by atoms with Crippen LogP contribution in [0.15, 0.2) is 18.2 Å². The largest absolute Gasteiger partial charge is 0.492 e. The zero-order valence-electron chi connectivity index (χ0n) is 12.1. The maximum atomic E-state index is 11.1. The lowest BCUT2D eigenvalue weighted by molar-refractivity contribution is -0.148. The van der Waals surface area contributed by atoms with Gasteiger partial charge in [0.15, 0.2) is 0 Å². The molecule has 1 unspecified atom stereocenters. The van der Waals surface area contributed by atoms with Gasteiger partial charge in [-0.25, -0.2) is 0 Å². The van der Waals surface area contributed by atoms with Crippen molar-refractivity contribution in [2.24, 2.45) is 11.1 Å². The molecule has 0 spiro atoms. The van der Waals surface area contributed by atoms with Crippen LogP contribution in [0.4, 0.5) is 0 Å². The summed E-state index contributed by atoms with van der Waals surface area (Å²) in [5, 5.41) is 9.08. The molecule has 1 aromatic rings. The Morgan fingerprint density at radius 2 is 2.11 bits per heavy atom. The highest BCUT2D eigenvalue weighted by atomic mass is 16.5. The first-order valence-electron chi connectivity index (χ1n) is 6.43. The number of benzene rings is 1. The number of aryl methyl sites for hydroxylation is 1. The lowest BCUT2D eigenvalue weighted by Crippen LogP contribution is -2.31. The maximum Gasteiger partial charge on any atom is 0.312 e. The molecular weight excluding hydrogens is 242 g/mol. The molecule has 0 saturated heterocycles. The number of aliphatic carboxylic acids is 1. The average molecular weight is 265 g/mol. The quantitative estimate of drug-likeness (QED) is 0.828. The molecule has 0 saturated carbocycles. The molecule has 0 fully saturated rings. The van der Waals surface area contributed by atoms with Crippen molar-refractivity contribution in [1.29, 1.82) is 0 Å². The number of hydrogen-bond acceptors (Lipinski definition) is 3. The molecule has 106 valence electrons. The molecule has 0 heterocycles. The summed E-state index contributed by atoms with van der Waals surface area (Å²) >= 11 is 0. The molecule has 4 heteroatoms. The zero-order valence-corrected chi connectivity index (χ0v) is 12.1. The number of hydrogen-bond donors (Lipinski definition) is 2. The Morgan fingerprint density at radius 3 is 2.63 bits per heavy atom. The van der Waals surface area contributed by atoms with Gasteiger partial charge in [0.2, 0.25) is 0 Å². The third-order valence-corrected chi connectivity index (χ3v) is 2.93. The zero-order chi connectivity index (χ0) is 14.6. The Morgan fingerprint density at radius 1 is 1.47 bits per heavy atom. The Labute approximate surface area is 114 Å². The molecular formula is C15H23NO3. The third-order valence-electron chi connectivity index (χ3n) is 2.93. The van der Waals surface area contributed by atoms with Gasteiger partial charge in [0.25, 0.3) is 0 Å². The van der Waals surface area contributed by atoms with E-state index in [9.17, 15) is 4.79 Å². The molecule has 1 aromatic carbocycles. The molecule has 1 atom stereocenters. The monoisotopic (exact) mass is 265 g/mol. The summed E-state index contributed by atoms with van der Waals surface area (Å²) in [5.74, 6) is -0.148. The number of nitrogens with two attached hydrogens (primary N) is 1. The van der Waals surface area contributed by atoms with Crippen molar-refractivity contribution in [3.05, 3.63) is 29.3 Å². The summed E-state index contributed by atoms with van der Waals surface area (Å²) in [5.41, 5.74) is 7.08. The second-order valence-electron chi connectivity index (χ2n) is 5.77. The van der Waals surface area contributed by atoms with Gasteiger partial charge in [-0.1, -0.05) is 17.7 Å². The molecule has 0 aliphatic heterocycles. The first-order valence-corrected chi connectivity index (χ1v) is 6.43. The average Bonchev–Trinajstić information content (AvgIpc) is 2.26. The van der Waals surface area contributed by atoms with Crippen LogP contribution in [0.1, 0.15) is 31.9 Å². The lowest BCUT2D eigenvalue weighted by Gasteiger charge is -2.21. The summed E-state index contributed by atoms with van der Waals surface area (Å²) in [7, 11) is 0. The van der Waals surface area contributed by atoms with Gasteiger partial charge in [-0.15, -0.1) is 0 Å². The van der Waals surface area contributed by atoms with Gasteiger partial charge in [-0.3, -0.25) is 4.79 Å². The van der Waals surface area contributed by atoms with Gasteiger partial charge in [0.1, 0.15) is 12.4 Å². The standard InChI is InChI=1S/C15H23NO3/c1-10-5-6-13(12(7-10)8-11(2)16)19-9-15(3,4)14(17)18/h5-7,11H,8-9,16H2,1-4H3,(H,17,18). The predicted octanol–water partition coefficient (Wildman–Crippen LogP) is 2.37. The van der Waals surface area contributed by atoms with E-state index in [4.69, 9.17) is 15.6 Å². The topological polar surface area (TPSA) is 72.5 Å². The minimum atomic E-state index is -0.906. The van der Waals surface area contributed by atoms with Crippen LogP contribution in [0.25, 0.3) is 0 Å². The molecule has 3 N–H and O–H groups in total. The van der Waals surface area contributed by atoms with Crippen LogP contribution in [-0.4, -0.2) is 23.7 Å². The number of ether oxygens (including phenoxy) is 1. The second-order valence-corrected chi connectivity index (χ2v) is 5.77. The van der Waals surface area contributed by atoms with Crippen LogP contribution < -0.4 is 10.5 Å². The maximum absolute atomic E-state index is 11.1. The van der Waals surface area contributed by atoms with Crippen LogP contribution in [0, 0.1) is 12.3 Å². The highest BCUT2D eigenvalue weighted by Crippen LogP contribution is 2.24. The van der Waals surface area contributed by atoms with Gasteiger partial charge >= 0.3 is 5.97 Å². The summed E-state index contributed by atoms with van der Waals surface area (Å²) in [4.78, 5) is 11.1. The highest BCUT2D eigenvalue weighted by molar-refractivity contribution is 5.73. The minimum Gasteiger partial charge on any atom is -0.492 e. The van der Waals surface area contributed by atoms with Crippen molar-refractivity contribution in [3.63, 3.8) is 0 Å². The first-order chi connectivity index (χ1) is 8.72. The fourth-order valence-corrected chi connectivity index (χ4v) is 1.68. The Balaban J connectivity index is 2.86. The van der Waals surface area contributed by atoms with E-state index in [0.29, 0.717) is 6.42 Å². The van der Waals surface area contributed by atoms with Gasteiger partial charge < -0.3 is 15.6 Å². The Kier molecular flexibility index (Phi) is 4.95. The third kappa shape index (κ3) is 4.56. The lowest BCUT2D eigenvalue weighted by atomic mass is 9.95. The van der Waals surface area contributed by atoms with Gasteiger partial charge in [0, 0.05) is 6.04 Å². The molecule has 0 aromatic heterocycles. The smallest absolute Gasteiger partial charge is 0.312 e. The molecule has 0 bridgehead atoms. The number of carboxylic acids is 1. The Hall–Kier alpha value is -1.55. The van der Waals surface area contributed by atoms with Crippen LogP contribution in [0.5, 0.6) is 5.75 Å². The summed E-state index contributed by atoms with van der Waals surface area (Å²) in [6.45, 7) is 7.38. The van der Waals surface area contributed by atoms with Gasteiger partial charge in [-0.2, -0.15) is 0 Å². The fraction of sp³-hybridized carbons (Fsp3) is 0.533. The van der Waals surface area contributed by atoms with E-state index in [1.807, 2.05) is 32.0 Å². The molecule has 0 amide bonds. The van der Waals surface area contributed by atoms with E-state index < -0.39 is 11.4 Å². The molecule has 0 aliphatic rings. The summed E-state index contributed by atoms with van der Waals surface area (Å²) in [6.07, 6.45) is 0.713. The van der Waals surface area contributed by atoms with Crippen molar-refractivity contribution in [1.82, 2.24) is 0 Å². The van der Waals surface area contributed by atoms with E-state index in [1.54, 1.807) is 13.8 Å². The van der Waals surface area contributed by atoms with Gasteiger partial charge in [0.05, 0.1) is 5.41 Å². The molecule has 1 rings (SSSR count). The first kappa shape index (κ1) is 15.5. The van der Waals surface area contributed by atoms with Gasteiger partial charge in [-0.05, 0) is 45.7 Å². The Bertz CT molecular complexity index is 453. The van der Waals surface area contributed by atoms with Crippen molar-refractivity contribution in [2.75, 3.05) is 6.61 Å². The molecule has 0 aliphatic carbocycles. The van der Waals surface area contributed by atoms with E-state index in [1.165, 1.54) is 0 Å². The van der Waals surface area contributed by atoms with E-state index in [2.05, 4.69) is 0 Å². The minimum absolute atomic E-state index is 0.0385. The molecule has 0 radical (unpaired) electrons. The second kappa shape index (κ2) is 6.06. The normalized spacial score (nSPS) is 13.1. The van der Waals surface area contributed by atoms with Crippen molar-refractivity contribution >= 4 is 5.97 Å². The van der Waals surface area contributed by atoms with E-state index in [-0.39, 0.29) is 12.6 Å². The number of carbonyl (C=O) groups is 1. The van der Waals surface area contributed by atoms with Crippen LogP contribution in [-0.2, 0) is 11.2 Å². The van der Waals surface area contributed by atoms with Crippen LogP contribution in [0.2, 0.25) is 0 Å². The van der Waals surface area contributed by atoms with Crippen molar-refractivity contribution in [2.45, 2.75) is 40.2 Å². The number of carboxylic acid groups (broad SMARTS) is 1. The van der Waals surface area contributed by atoms with Crippen LogP contribution >= 0.6 is 0 Å². The summed E-state index contributed by atoms with van der Waals surface area (Å²) in [6, 6.07) is 5.90. The van der Waals surface area contributed by atoms with E-state index in [0.717, 1.165) is 16.9 Å². The summed E-state index contributed by atoms with van der Waals surface area (Å²) < 4.78 is 5.68. The molecule has 4 nitrogen and oxygen atoms in total. The fourth-order valence-electron chi connectivity index (χ4n) is 1.68. The van der Waals surface area contributed by atoms with Crippen molar-refractivity contribution < 1.29 is 14.6 Å². The number of rotatable bonds is 6. The highest BCUT2D eigenvalue weighted by Gasteiger charge is 2.28. The molecule has 19 heavy (non-hydrogen) atoms. The SMILES string of the molecule is Cc1ccc(OCC(C)(C)C(=O)O)c(CC(C)N)c1. The van der Waals surface area contributed by atoms with E-state index >= 15 is 0 Å². The van der Waals surface area contributed by atoms with Crippen molar-refractivity contribution in [3.8, 4) is 5.75 Å². The predicted molar refractivity (Wildman–Crippen MR) is 75.4 cm³/mol. The van der Waals surface area contributed by atoms with Crippen LogP contribution in [0.3, 0.4) is 0 Å².